The van der Waals surface area contributed by atoms with E-state index in [1.807, 2.05) is 0 Å². The smallest absolute Gasteiger partial charge is 0.421 e. The SMILES string of the molecule is COc1nc(N)c(C(F)(F)F)cc1C(F)(F)F. The van der Waals surface area contributed by atoms with E-state index in [-0.39, 0.29) is 6.07 Å². The van der Waals surface area contributed by atoms with Crippen LogP contribution in [0.2, 0.25) is 0 Å². The Morgan fingerprint density at radius 1 is 1.06 bits per heavy atom. The first-order chi connectivity index (χ1) is 7.57. The van der Waals surface area contributed by atoms with Crippen LogP contribution in [0, 0.1) is 0 Å². The molecular weight excluding hydrogens is 254 g/mol. The zero-order chi connectivity index (χ0) is 13.4. The van der Waals surface area contributed by atoms with Gasteiger partial charge in [0.25, 0.3) is 0 Å². The summed E-state index contributed by atoms with van der Waals surface area (Å²) in [6.07, 6.45) is -10.0. The Morgan fingerprint density at radius 3 is 1.88 bits per heavy atom. The van der Waals surface area contributed by atoms with Crippen molar-refractivity contribution < 1.29 is 31.1 Å². The fraction of sp³-hybridized carbons (Fsp3) is 0.375. The van der Waals surface area contributed by atoms with Gasteiger partial charge in [-0.15, -0.1) is 0 Å². The summed E-state index contributed by atoms with van der Waals surface area (Å²) in [5, 5.41) is 0. The molecule has 1 rings (SSSR count). The quantitative estimate of drug-likeness (QED) is 0.790. The van der Waals surface area contributed by atoms with Gasteiger partial charge in [0.15, 0.2) is 0 Å². The molecule has 96 valence electrons. The standard InChI is InChI=1S/C8H6F6N2O/c1-17-6-4(8(12,13)14)2-3(5(15)16-6)7(9,10)11/h2H,1H3,(H2,15,16). The summed E-state index contributed by atoms with van der Waals surface area (Å²) in [4.78, 5) is 2.94. The number of alkyl halides is 6. The van der Waals surface area contributed by atoms with Crippen LogP contribution in [0.25, 0.3) is 0 Å². The lowest BCUT2D eigenvalue weighted by Crippen LogP contribution is -2.16. The van der Waals surface area contributed by atoms with Gasteiger partial charge in [0.2, 0.25) is 5.88 Å². The fourth-order valence-electron chi connectivity index (χ4n) is 1.10. The lowest BCUT2D eigenvalue weighted by molar-refractivity contribution is -0.143. The molecule has 0 bridgehead atoms. The first kappa shape index (κ1) is 13.4. The molecule has 1 heterocycles. The molecule has 9 heteroatoms. The van der Waals surface area contributed by atoms with E-state index in [1.54, 1.807) is 0 Å². The number of hydrogen-bond acceptors (Lipinski definition) is 3. The molecule has 0 unspecified atom stereocenters. The predicted molar refractivity (Wildman–Crippen MR) is 45.2 cm³/mol. The second-order valence-electron chi connectivity index (χ2n) is 2.97. The van der Waals surface area contributed by atoms with Gasteiger partial charge in [-0.3, -0.25) is 0 Å². The van der Waals surface area contributed by atoms with Gasteiger partial charge in [0, 0.05) is 0 Å². The molecule has 0 aliphatic heterocycles. The van der Waals surface area contributed by atoms with Crippen LogP contribution in [0.15, 0.2) is 6.07 Å². The van der Waals surface area contributed by atoms with Gasteiger partial charge in [-0.1, -0.05) is 0 Å². The van der Waals surface area contributed by atoms with Crippen LogP contribution >= 0.6 is 0 Å². The van der Waals surface area contributed by atoms with Crippen molar-refractivity contribution >= 4 is 5.82 Å². The summed E-state index contributed by atoms with van der Waals surface area (Å²) in [5.74, 6) is -2.06. The number of nitrogens with two attached hydrogens (primary N) is 1. The zero-order valence-electron chi connectivity index (χ0n) is 8.28. The molecule has 0 fully saturated rings. The highest BCUT2D eigenvalue weighted by atomic mass is 19.4. The molecule has 0 aromatic carbocycles. The average Bonchev–Trinajstić information content (AvgIpc) is 2.13. The first-order valence-electron chi connectivity index (χ1n) is 4.06. The minimum Gasteiger partial charge on any atom is -0.481 e. The summed E-state index contributed by atoms with van der Waals surface area (Å²) in [7, 11) is 0.851. The predicted octanol–water partition coefficient (Wildman–Crippen LogP) is 2.71. The third kappa shape index (κ3) is 2.71. The molecule has 0 saturated carbocycles. The second kappa shape index (κ2) is 3.97. The number of methoxy groups -OCH3 is 1. The topological polar surface area (TPSA) is 48.1 Å². The molecule has 17 heavy (non-hydrogen) atoms. The van der Waals surface area contributed by atoms with Crippen molar-refractivity contribution in [1.29, 1.82) is 0 Å². The highest BCUT2D eigenvalue weighted by Crippen LogP contribution is 2.41. The largest absolute Gasteiger partial charge is 0.481 e. The van der Waals surface area contributed by atoms with Crippen LogP contribution in [0.5, 0.6) is 5.88 Å². The molecule has 3 nitrogen and oxygen atoms in total. The maximum absolute atomic E-state index is 12.4. The monoisotopic (exact) mass is 260 g/mol. The van der Waals surface area contributed by atoms with E-state index in [1.165, 1.54) is 0 Å². The number of aromatic nitrogens is 1. The van der Waals surface area contributed by atoms with Gasteiger partial charge in [0.05, 0.1) is 12.7 Å². The van der Waals surface area contributed by atoms with Crippen LogP contribution in [0.4, 0.5) is 32.2 Å². The number of halogens is 6. The summed E-state index contributed by atoms with van der Waals surface area (Å²) >= 11 is 0. The van der Waals surface area contributed by atoms with E-state index in [4.69, 9.17) is 5.73 Å². The molecule has 0 radical (unpaired) electrons. The van der Waals surface area contributed by atoms with Gasteiger partial charge in [0.1, 0.15) is 11.4 Å². The van der Waals surface area contributed by atoms with Crippen LogP contribution in [-0.2, 0) is 12.4 Å². The molecule has 0 spiro atoms. The molecule has 0 aliphatic carbocycles. The van der Waals surface area contributed by atoms with Gasteiger partial charge >= 0.3 is 12.4 Å². The van der Waals surface area contributed by atoms with Crippen molar-refractivity contribution in [3.05, 3.63) is 17.2 Å². The van der Waals surface area contributed by atoms with Crippen molar-refractivity contribution in [2.45, 2.75) is 12.4 Å². The molecule has 0 saturated heterocycles. The van der Waals surface area contributed by atoms with Gasteiger partial charge < -0.3 is 10.5 Å². The van der Waals surface area contributed by atoms with Crippen molar-refractivity contribution in [3.8, 4) is 5.88 Å². The Bertz CT molecular complexity index is 425. The van der Waals surface area contributed by atoms with E-state index in [9.17, 15) is 26.3 Å². The van der Waals surface area contributed by atoms with Crippen LogP contribution < -0.4 is 10.5 Å². The van der Waals surface area contributed by atoms with Crippen LogP contribution in [-0.4, -0.2) is 12.1 Å². The molecular formula is C8H6F6N2O. The first-order valence-corrected chi connectivity index (χ1v) is 4.06. The number of anilines is 1. The minimum atomic E-state index is -5.01. The molecule has 0 atom stereocenters. The Hall–Kier alpha value is -1.67. The molecule has 0 amide bonds. The highest BCUT2D eigenvalue weighted by molar-refractivity contribution is 5.48. The summed E-state index contributed by atoms with van der Waals surface area (Å²) < 4.78 is 78.4. The molecule has 1 aromatic rings. The zero-order valence-corrected chi connectivity index (χ0v) is 8.28. The van der Waals surface area contributed by atoms with E-state index in [2.05, 4.69) is 9.72 Å². The second-order valence-corrected chi connectivity index (χ2v) is 2.97. The number of pyridine rings is 1. The number of hydrogen-bond donors (Lipinski definition) is 1. The summed E-state index contributed by atoms with van der Waals surface area (Å²) in [6.45, 7) is 0. The van der Waals surface area contributed by atoms with Crippen molar-refractivity contribution in [3.63, 3.8) is 0 Å². The van der Waals surface area contributed by atoms with Crippen LogP contribution in [0.3, 0.4) is 0 Å². The van der Waals surface area contributed by atoms with Gasteiger partial charge in [-0.25, -0.2) is 0 Å². The maximum atomic E-state index is 12.4. The Morgan fingerprint density at radius 2 is 1.53 bits per heavy atom. The highest BCUT2D eigenvalue weighted by Gasteiger charge is 2.41. The van der Waals surface area contributed by atoms with Crippen LogP contribution in [0.1, 0.15) is 11.1 Å². The number of nitrogen functional groups attached to an aromatic ring is 1. The van der Waals surface area contributed by atoms with Gasteiger partial charge in [-0.05, 0) is 6.07 Å². The lowest BCUT2D eigenvalue weighted by Gasteiger charge is -2.15. The number of ether oxygens (including phenoxy) is 1. The maximum Gasteiger partial charge on any atom is 0.421 e. The number of rotatable bonds is 1. The Balaban J connectivity index is 3.49. The van der Waals surface area contributed by atoms with E-state index >= 15 is 0 Å². The minimum absolute atomic E-state index is 0.124. The molecule has 2 N–H and O–H groups in total. The molecule has 0 aliphatic rings. The van der Waals surface area contributed by atoms with E-state index in [0.717, 1.165) is 7.11 Å². The fourth-order valence-corrected chi connectivity index (χ4v) is 1.10. The summed E-state index contributed by atoms with van der Waals surface area (Å²) in [6, 6.07) is -0.124. The normalized spacial score (nSPS) is 12.6. The van der Waals surface area contributed by atoms with Gasteiger partial charge in [-0.2, -0.15) is 31.3 Å². The van der Waals surface area contributed by atoms with Crippen molar-refractivity contribution in [1.82, 2.24) is 4.98 Å². The van der Waals surface area contributed by atoms with Crippen molar-refractivity contribution in [2.24, 2.45) is 0 Å². The average molecular weight is 260 g/mol. The summed E-state index contributed by atoms with van der Waals surface area (Å²) in [5.41, 5.74) is 1.65. The third-order valence-electron chi connectivity index (χ3n) is 1.82. The van der Waals surface area contributed by atoms with Crippen molar-refractivity contribution in [2.75, 3.05) is 12.8 Å². The van der Waals surface area contributed by atoms with E-state index < -0.39 is 35.2 Å². The Labute approximate surface area is 91.2 Å². The third-order valence-corrected chi connectivity index (χ3v) is 1.82. The Kier molecular flexibility index (Phi) is 3.13. The van der Waals surface area contributed by atoms with E-state index in [0.29, 0.717) is 0 Å². The lowest BCUT2D eigenvalue weighted by atomic mass is 10.1. The number of nitrogens with zero attached hydrogens (tertiary/aromatic N) is 1. The molecule has 1 aromatic heterocycles.